The normalized spacial score (nSPS) is 13.8. The van der Waals surface area contributed by atoms with Gasteiger partial charge in [-0.15, -0.1) is 0 Å². The third kappa shape index (κ3) is 5.29. The molecule has 0 aliphatic carbocycles. The highest BCUT2D eigenvalue weighted by atomic mass is 19.1. The van der Waals surface area contributed by atoms with E-state index in [0.29, 0.717) is 12.6 Å². The van der Waals surface area contributed by atoms with E-state index < -0.39 is 0 Å². The van der Waals surface area contributed by atoms with Crippen molar-refractivity contribution in [1.29, 1.82) is 0 Å². The first-order chi connectivity index (χ1) is 8.84. The monoisotopic (exact) mass is 266 g/mol. The van der Waals surface area contributed by atoms with Crippen LogP contribution in [-0.2, 0) is 6.54 Å². The van der Waals surface area contributed by atoms with E-state index in [1.807, 2.05) is 19.2 Å². The maximum atomic E-state index is 13.6. The smallest absolute Gasteiger partial charge is 0.127 e. The molecule has 19 heavy (non-hydrogen) atoms. The Balaban J connectivity index is 2.63. The highest BCUT2D eigenvalue weighted by Gasteiger charge is 2.24. The molecule has 0 aliphatic rings. The van der Waals surface area contributed by atoms with Gasteiger partial charge in [-0.05, 0) is 25.1 Å². The topological polar surface area (TPSA) is 15.3 Å². The number of nitrogens with one attached hydrogen (secondary N) is 1. The molecule has 0 saturated carbocycles. The Bertz CT molecular complexity index is 385. The quantitative estimate of drug-likeness (QED) is 0.850. The molecule has 108 valence electrons. The summed E-state index contributed by atoms with van der Waals surface area (Å²) >= 11 is 0. The van der Waals surface area contributed by atoms with Gasteiger partial charge in [0.25, 0.3) is 0 Å². The average molecular weight is 266 g/mol. The van der Waals surface area contributed by atoms with Gasteiger partial charge >= 0.3 is 0 Å². The van der Waals surface area contributed by atoms with E-state index in [1.165, 1.54) is 6.07 Å². The number of hydrogen-bond donors (Lipinski definition) is 1. The summed E-state index contributed by atoms with van der Waals surface area (Å²) in [4.78, 5) is 2.18. The molecule has 3 heteroatoms. The van der Waals surface area contributed by atoms with Crippen molar-refractivity contribution in [3.63, 3.8) is 0 Å². The molecule has 0 aliphatic heterocycles. The largest absolute Gasteiger partial charge is 0.312 e. The van der Waals surface area contributed by atoms with Gasteiger partial charge in [-0.1, -0.05) is 45.9 Å². The van der Waals surface area contributed by atoms with E-state index in [2.05, 4.69) is 37.9 Å². The molecule has 0 saturated heterocycles. The number of halogens is 1. The van der Waals surface area contributed by atoms with Crippen molar-refractivity contribution in [2.45, 2.75) is 40.3 Å². The molecular formula is C16H27FN2. The van der Waals surface area contributed by atoms with Crippen LogP contribution in [0.2, 0.25) is 0 Å². The lowest BCUT2D eigenvalue weighted by atomic mass is 9.86. The zero-order valence-electron chi connectivity index (χ0n) is 12.8. The van der Waals surface area contributed by atoms with Crippen LogP contribution in [0.25, 0.3) is 0 Å². The summed E-state index contributed by atoms with van der Waals surface area (Å²) in [7, 11) is 2.04. The van der Waals surface area contributed by atoms with Gasteiger partial charge in [0.15, 0.2) is 0 Å². The van der Waals surface area contributed by atoms with E-state index in [9.17, 15) is 4.39 Å². The predicted molar refractivity (Wildman–Crippen MR) is 79.7 cm³/mol. The van der Waals surface area contributed by atoms with Crippen LogP contribution >= 0.6 is 0 Å². The van der Waals surface area contributed by atoms with Crippen LogP contribution in [0.5, 0.6) is 0 Å². The van der Waals surface area contributed by atoms with E-state index in [4.69, 9.17) is 0 Å². The number of benzene rings is 1. The Morgan fingerprint density at radius 3 is 2.42 bits per heavy atom. The maximum absolute atomic E-state index is 13.6. The Morgan fingerprint density at radius 2 is 1.89 bits per heavy atom. The van der Waals surface area contributed by atoms with Crippen molar-refractivity contribution >= 4 is 0 Å². The van der Waals surface area contributed by atoms with Crippen molar-refractivity contribution in [1.82, 2.24) is 10.2 Å². The zero-order valence-corrected chi connectivity index (χ0v) is 12.8. The molecule has 0 amide bonds. The lowest BCUT2D eigenvalue weighted by molar-refractivity contribution is 0.191. The molecule has 0 spiro atoms. The fourth-order valence-electron chi connectivity index (χ4n) is 2.18. The van der Waals surface area contributed by atoms with E-state index in [1.54, 1.807) is 6.07 Å². The van der Waals surface area contributed by atoms with Gasteiger partial charge in [0, 0.05) is 24.7 Å². The first kappa shape index (κ1) is 16.1. The maximum Gasteiger partial charge on any atom is 0.127 e. The van der Waals surface area contributed by atoms with Gasteiger partial charge in [0.05, 0.1) is 0 Å². The molecule has 0 heterocycles. The second-order valence-electron chi connectivity index (χ2n) is 6.26. The summed E-state index contributed by atoms with van der Waals surface area (Å²) in [6.45, 7) is 11.3. The zero-order chi connectivity index (χ0) is 14.5. The SMILES string of the molecule is CCNC(CN(C)Cc1ccccc1F)C(C)(C)C. The second kappa shape index (κ2) is 7.01. The minimum atomic E-state index is -0.120. The molecule has 1 unspecified atom stereocenters. The number of nitrogens with zero attached hydrogens (tertiary/aromatic N) is 1. The molecule has 0 aromatic heterocycles. The number of likely N-dealkylation sites (N-methyl/N-ethyl adjacent to an activating group) is 2. The van der Waals surface area contributed by atoms with Gasteiger partial charge < -0.3 is 10.2 Å². The Labute approximate surface area is 117 Å². The van der Waals surface area contributed by atoms with Crippen LogP contribution in [0.1, 0.15) is 33.3 Å². The lowest BCUT2D eigenvalue weighted by Crippen LogP contribution is -2.47. The van der Waals surface area contributed by atoms with E-state index in [0.717, 1.165) is 18.7 Å². The molecular weight excluding hydrogens is 239 g/mol. The van der Waals surface area contributed by atoms with Crippen molar-refractivity contribution in [3.05, 3.63) is 35.6 Å². The van der Waals surface area contributed by atoms with Crippen LogP contribution in [0.15, 0.2) is 24.3 Å². The van der Waals surface area contributed by atoms with Crippen LogP contribution in [0.3, 0.4) is 0 Å². The number of rotatable bonds is 6. The number of hydrogen-bond acceptors (Lipinski definition) is 2. The van der Waals surface area contributed by atoms with Gasteiger partial charge in [0.2, 0.25) is 0 Å². The molecule has 0 bridgehead atoms. The standard InChI is InChI=1S/C16H27FN2/c1-6-18-15(16(2,3)4)12-19(5)11-13-9-7-8-10-14(13)17/h7-10,15,18H,6,11-12H2,1-5H3. The van der Waals surface area contributed by atoms with Crippen LogP contribution in [-0.4, -0.2) is 31.1 Å². The highest BCUT2D eigenvalue weighted by molar-refractivity contribution is 5.17. The van der Waals surface area contributed by atoms with Gasteiger partial charge in [-0.3, -0.25) is 0 Å². The average Bonchev–Trinajstić information content (AvgIpc) is 2.30. The molecule has 1 aromatic rings. The Morgan fingerprint density at radius 1 is 1.26 bits per heavy atom. The first-order valence-electron chi connectivity index (χ1n) is 7.00. The predicted octanol–water partition coefficient (Wildman–Crippen LogP) is 3.28. The molecule has 1 N–H and O–H groups in total. The minimum Gasteiger partial charge on any atom is -0.312 e. The van der Waals surface area contributed by atoms with Gasteiger partial charge in [0.1, 0.15) is 5.82 Å². The summed E-state index contributed by atoms with van der Waals surface area (Å²) < 4.78 is 13.6. The van der Waals surface area contributed by atoms with E-state index in [-0.39, 0.29) is 11.2 Å². The van der Waals surface area contributed by atoms with Crippen molar-refractivity contribution in [2.24, 2.45) is 5.41 Å². The molecule has 1 atom stereocenters. The summed E-state index contributed by atoms with van der Waals surface area (Å²) in [6.07, 6.45) is 0. The van der Waals surface area contributed by atoms with Crippen molar-refractivity contribution in [3.8, 4) is 0 Å². The van der Waals surface area contributed by atoms with Crippen LogP contribution in [0, 0.1) is 11.2 Å². The highest BCUT2D eigenvalue weighted by Crippen LogP contribution is 2.20. The van der Waals surface area contributed by atoms with Gasteiger partial charge in [-0.2, -0.15) is 0 Å². The Hall–Kier alpha value is -0.930. The van der Waals surface area contributed by atoms with Crippen molar-refractivity contribution < 1.29 is 4.39 Å². The lowest BCUT2D eigenvalue weighted by Gasteiger charge is -2.34. The van der Waals surface area contributed by atoms with Crippen LogP contribution < -0.4 is 5.32 Å². The summed E-state index contributed by atoms with van der Waals surface area (Å²) in [5, 5.41) is 3.52. The molecule has 1 rings (SSSR count). The fourth-order valence-corrected chi connectivity index (χ4v) is 2.18. The molecule has 1 aromatic carbocycles. The first-order valence-corrected chi connectivity index (χ1v) is 7.00. The van der Waals surface area contributed by atoms with E-state index >= 15 is 0 Å². The third-order valence-corrected chi connectivity index (χ3v) is 3.39. The summed E-state index contributed by atoms with van der Waals surface area (Å²) in [6, 6.07) is 7.39. The second-order valence-corrected chi connectivity index (χ2v) is 6.26. The molecule has 0 radical (unpaired) electrons. The van der Waals surface area contributed by atoms with Crippen molar-refractivity contribution in [2.75, 3.05) is 20.1 Å². The molecule has 0 fully saturated rings. The minimum absolute atomic E-state index is 0.120. The summed E-state index contributed by atoms with van der Waals surface area (Å²) in [5.74, 6) is -0.120. The van der Waals surface area contributed by atoms with Gasteiger partial charge in [-0.25, -0.2) is 4.39 Å². The molecule has 2 nitrogen and oxygen atoms in total. The summed E-state index contributed by atoms with van der Waals surface area (Å²) in [5.41, 5.74) is 0.952. The fraction of sp³-hybridized carbons (Fsp3) is 0.625. The Kier molecular flexibility index (Phi) is 5.95. The van der Waals surface area contributed by atoms with Crippen LogP contribution in [0.4, 0.5) is 4.39 Å². The third-order valence-electron chi connectivity index (χ3n) is 3.39.